The number of fused-ring (bicyclic) bond motifs is 1. The SMILES string of the molecule is Clc1cccc(N2CCc3ccccc32)c1. The summed E-state index contributed by atoms with van der Waals surface area (Å²) in [6, 6.07) is 16.6. The van der Waals surface area contributed by atoms with E-state index in [4.69, 9.17) is 11.6 Å². The van der Waals surface area contributed by atoms with Gasteiger partial charge in [-0.15, -0.1) is 0 Å². The van der Waals surface area contributed by atoms with Crippen molar-refractivity contribution in [1.82, 2.24) is 0 Å². The Hall–Kier alpha value is -1.47. The van der Waals surface area contributed by atoms with E-state index in [2.05, 4.69) is 35.2 Å². The monoisotopic (exact) mass is 229 g/mol. The maximum atomic E-state index is 6.02. The van der Waals surface area contributed by atoms with Crippen LogP contribution < -0.4 is 4.90 Å². The van der Waals surface area contributed by atoms with Crippen molar-refractivity contribution in [1.29, 1.82) is 0 Å². The smallest absolute Gasteiger partial charge is 0.0444 e. The molecule has 3 rings (SSSR count). The van der Waals surface area contributed by atoms with Crippen molar-refractivity contribution in [3.63, 3.8) is 0 Å². The molecule has 0 bridgehead atoms. The van der Waals surface area contributed by atoms with Crippen molar-refractivity contribution in [2.75, 3.05) is 11.4 Å². The molecule has 0 amide bonds. The van der Waals surface area contributed by atoms with Crippen LogP contribution in [0.1, 0.15) is 5.56 Å². The molecule has 0 radical (unpaired) electrons. The van der Waals surface area contributed by atoms with E-state index in [0.29, 0.717) is 0 Å². The van der Waals surface area contributed by atoms with Gasteiger partial charge in [0, 0.05) is 22.9 Å². The van der Waals surface area contributed by atoms with Crippen molar-refractivity contribution >= 4 is 23.0 Å². The molecule has 2 aromatic rings. The standard InChI is InChI=1S/C14H12ClN/c15-12-5-3-6-13(10-12)16-9-8-11-4-1-2-7-14(11)16/h1-7,10H,8-9H2. The van der Waals surface area contributed by atoms with E-state index < -0.39 is 0 Å². The first-order valence-corrected chi connectivity index (χ1v) is 5.83. The molecular formula is C14H12ClN. The number of rotatable bonds is 1. The lowest BCUT2D eigenvalue weighted by molar-refractivity contribution is 0.998. The minimum atomic E-state index is 0.793. The summed E-state index contributed by atoms with van der Waals surface area (Å²) in [4.78, 5) is 2.32. The van der Waals surface area contributed by atoms with Crippen molar-refractivity contribution < 1.29 is 0 Å². The van der Waals surface area contributed by atoms with Crippen molar-refractivity contribution in [3.8, 4) is 0 Å². The Morgan fingerprint density at radius 2 is 1.88 bits per heavy atom. The zero-order chi connectivity index (χ0) is 11.0. The second kappa shape index (κ2) is 3.84. The van der Waals surface area contributed by atoms with Gasteiger partial charge in [-0.25, -0.2) is 0 Å². The average molecular weight is 230 g/mol. The molecule has 0 aromatic heterocycles. The van der Waals surface area contributed by atoms with E-state index in [9.17, 15) is 0 Å². The van der Waals surface area contributed by atoms with Gasteiger partial charge in [-0.1, -0.05) is 35.9 Å². The maximum absolute atomic E-state index is 6.02. The number of halogens is 1. The summed E-state index contributed by atoms with van der Waals surface area (Å²) in [5, 5.41) is 0.793. The minimum Gasteiger partial charge on any atom is -0.341 e. The van der Waals surface area contributed by atoms with Crippen LogP contribution in [0.3, 0.4) is 0 Å². The average Bonchev–Trinajstić information content (AvgIpc) is 2.72. The van der Waals surface area contributed by atoms with E-state index in [-0.39, 0.29) is 0 Å². The topological polar surface area (TPSA) is 3.24 Å². The first kappa shape index (κ1) is 9.73. The Bertz CT molecular complexity index is 522. The van der Waals surface area contributed by atoms with Gasteiger partial charge in [0.1, 0.15) is 0 Å². The van der Waals surface area contributed by atoms with Crippen LogP contribution >= 0.6 is 11.6 Å². The summed E-state index contributed by atoms with van der Waals surface area (Å²) in [6.07, 6.45) is 1.11. The number of hydrogen-bond donors (Lipinski definition) is 0. The highest BCUT2D eigenvalue weighted by molar-refractivity contribution is 6.30. The highest BCUT2D eigenvalue weighted by atomic mass is 35.5. The fraction of sp³-hybridized carbons (Fsp3) is 0.143. The van der Waals surface area contributed by atoms with Crippen LogP contribution in [0.2, 0.25) is 5.02 Å². The van der Waals surface area contributed by atoms with Gasteiger partial charge in [-0.2, -0.15) is 0 Å². The van der Waals surface area contributed by atoms with Gasteiger partial charge >= 0.3 is 0 Å². The molecule has 0 atom stereocenters. The van der Waals surface area contributed by atoms with Crippen LogP contribution in [0, 0.1) is 0 Å². The summed E-state index contributed by atoms with van der Waals surface area (Å²) in [5.74, 6) is 0. The number of benzene rings is 2. The Morgan fingerprint density at radius 3 is 2.75 bits per heavy atom. The fourth-order valence-corrected chi connectivity index (χ4v) is 2.43. The summed E-state index contributed by atoms with van der Waals surface area (Å²) in [7, 11) is 0. The molecule has 2 aromatic carbocycles. The van der Waals surface area contributed by atoms with Crippen LogP contribution in [0.15, 0.2) is 48.5 Å². The number of para-hydroxylation sites is 1. The minimum absolute atomic E-state index is 0.793. The van der Waals surface area contributed by atoms with Crippen LogP contribution in [0.5, 0.6) is 0 Å². The lowest BCUT2D eigenvalue weighted by Gasteiger charge is -2.19. The Morgan fingerprint density at radius 1 is 1.00 bits per heavy atom. The molecule has 0 fully saturated rings. The highest BCUT2D eigenvalue weighted by Gasteiger charge is 2.19. The molecule has 0 saturated heterocycles. The predicted octanol–water partition coefficient (Wildman–Crippen LogP) is 4.03. The van der Waals surface area contributed by atoms with Crippen LogP contribution in [0.4, 0.5) is 11.4 Å². The molecule has 1 aliphatic heterocycles. The van der Waals surface area contributed by atoms with Crippen molar-refractivity contribution in [2.45, 2.75) is 6.42 Å². The first-order chi connectivity index (χ1) is 7.84. The third-order valence-electron chi connectivity index (χ3n) is 3.01. The lowest BCUT2D eigenvalue weighted by atomic mass is 10.2. The molecule has 1 heterocycles. The summed E-state index contributed by atoms with van der Waals surface area (Å²) in [5.41, 5.74) is 3.91. The summed E-state index contributed by atoms with van der Waals surface area (Å²) >= 11 is 6.02. The number of anilines is 2. The molecule has 16 heavy (non-hydrogen) atoms. The Labute approximate surface area is 100 Å². The third kappa shape index (κ3) is 1.57. The van der Waals surface area contributed by atoms with Gasteiger partial charge in [0.05, 0.1) is 0 Å². The van der Waals surface area contributed by atoms with Crippen molar-refractivity contribution in [2.24, 2.45) is 0 Å². The Balaban J connectivity index is 2.05. The van der Waals surface area contributed by atoms with Gasteiger partial charge < -0.3 is 4.90 Å². The van der Waals surface area contributed by atoms with E-state index in [1.807, 2.05) is 18.2 Å². The lowest BCUT2D eigenvalue weighted by Crippen LogP contribution is -2.12. The van der Waals surface area contributed by atoms with E-state index in [1.54, 1.807) is 0 Å². The molecule has 80 valence electrons. The molecule has 1 nitrogen and oxygen atoms in total. The molecular weight excluding hydrogens is 218 g/mol. The summed E-state index contributed by atoms with van der Waals surface area (Å²) in [6.45, 7) is 1.04. The second-order valence-electron chi connectivity index (χ2n) is 4.01. The predicted molar refractivity (Wildman–Crippen MR) is 68.6 cm³/mol. The number of nitrogens with zero attached hydrogens (tertiary/aromatic N) is 1. The molecule has 0 unspecified atom stereocenters. The van der Waals surface area contributed by atoms with Crippen molar-refractivity contribution in [3.05, 3.63) is 59.1 Å². The zero-order valence-corrected chi connectivity index (χ0v) is 9.61. The van der Waals surface area contributed by atoms with Crippen LogP contribution in [-0.4, -0.2) is 6.54 Å². The van der Waals surface area contributed by atoms with Gasteiger partial charge in [0.15, 0.2) is 0 Å². The van der Waals surface area contributed by atoms with E-state index in [0.717, 1.165) is 18.0 Å². The quantitative estimate of drug-likeness (QED) is 0.714. The molecule has 0 spiro atoms. The normalized spacial score (nSPS) is 13.9. The molecule has 2 heteroatoms. The van der Waals surface area contributed by atoms with Gasteiger partial charge in [-0.05, 0) is 36.2 Å². The van der Waals surface area contributed by atoms with Gasteiger partial charge in [-0.3, -0.25) is 0 Å². The molecule has 0 N–H and O–H groups in total. The number of hydrogen-bond acceptors (Lipinski definition) is 1. The molecule has 0 aliphatic carbocycles. The fourth-order valence-electron chi connectivity index (χ4n) is 2.25. The largest absolute Gasteiger partial charge is 0.341 e. The molecule has 0 saturated carbocycles. The van der Waals surface area contributed by atoms with E-state index in [1.165, 1.54) is 16.9 Å². The van der Waals surface area contributed by atoms with Crippen LogP contribution in [-0.2, 0) is 6.42 Å². The van der Waals surface area contributed by atoms with Gasteiger partial charge in [0.2, 0.25) is 0 Å². The second-order valence-corrected chi connectivity index (χ2v) is 4.45. The highest BCUT2D eigenvalue weighted by Crippen LogP contribution is 2.34. The zero-order valence-electron chi connectivity index (χ0n) is 8.86. The van der Waals surface area contributed by atoms with E-state index >= 15 is 0 Å². The van der Waals surface area contributed by atoms with Crippen LogP contribution in [0.25, 0.3) is 0 Å². The molecule has 1 aliphatic rings. The maximum Gasteiger partial charge on any atom is 0.0444 e. The third-order valence-corrected chi connectivity index (χ3v) is 3.24. The van der Waals surface area contributed by atoms with Gasteiger partial charge in [0.25, 0.3) is 0 Å². The first-order valence-electron chi connectivity index (χ1n) is 5.45. The summed E-state index contributed by atoms with van der Waals surface area (Å²) < 4.78 is 0. The Kier molecular flexibility index (Phi) is 2.33.